The van der Waals surface area contributed by atoms with Gasteiger partial charge in [-0.3, -0.25) is 0 Å². The molecule has 0 aliphatic heterocycles. The van der Waals surface area contributed by atoms with E-state index < -0.39 is 15.8 Å². The molecule has 0 fully saturated rings. The summed E-state index contributed by atoms with van der Waals surface area (Å²) in [7, 11) is -3.74. The summed E-state index contributed by atoms with van der Waals surface area (Å²) in [6.07, 6.45) is 2.95. The van der Waals surface area contributed by atoms with Gasteiger partial charge in [-0.05, 0) is 29.8 Å². The Morgan fingerprint density at radius 2 is 2.14 bits per heavy atom. The summed E-state index contributed by atoms with van der Waals surface area (Å²) in [4.78, 5) is 6.96. The molecule has 2 N–H and O–H groups in total. The fraction of sp³-hybridized carbons (Fsp3) is 0.0714. The lowest BCUT2D eigenvalue weighted by Crippen LogP contribution is -2.23. The maximum Gasteiger partial charge on any atom is 0.243 e. The molecule has 2 aromatic heterocycles. The van der Waals surface area contributed by atoms with E-state index in [0.717, 1.165) is 6.07 Å². The van der Waals surface area contributed by atoms with Crippen LogP contribution in [0.15, 0.2) is 47.6 Å². The number of rotatable bonds is 4. The van der Waals surface area contributed by atoms with Crippen LogP contribution in [-0.4, -0.2) is 18.4 Å². The van der Waals surface area contributed by atoms with Gasteiger partial charge in [0.05, 0.1) is 0 Å². The highest BCUT2D eigenvalue weighted by Crippen LogP contribution is 2.22. The van der Waals surface area contributed by atoms with Crippen molar-refractivity contribution in [3.05, 3.63) is 59.1 Å². The van der Waals surface area contributed by atoms with Crippen LogP contribution in [0, 0.1) is 5.82 Å². The summed E-state index contributed by atoms with van der Waals surface area (Å²) in [5.74, 6) is -0.473. The number of aromatic amines is 1. The van der Waals surface area contributed by atoms with Crippen LogP contribution in [0.3, 0.4) is 0 Å². The standard InChI is InChI=1S/C14H11ClFN3O2S/c15-12-6-10(16)4-3-9(12)7-19-22(20,21)13-8-18-14-11(13)2-1-5-17-14/h1-6,8,19H,7H2,(H,17,18). The Bertz CT molecular complexity index is 940. The van der Waals surface area contributed by atoms with Gasteiger partial charge in [-0.2, -0.15) is 0 Å². The highest BCUT2D eigenvalue weighted by Gasteiger charge is 2.19. The van der Waals surface area contributed by atoms with Gasteiger partial charge in [0, 0.05) is 29.3 Å². The number of hydrogen-bond donors (Lipinski definition) is 2. The van der Waals surface area contributed by atoms with Gasteiger partial charge in [0.2, 0.25) is 10.0 Å². The molecule has 0 aliphatic carbocycles. The Labute approximate surface area is 131 Å². The number of nitrogens with zero attached hydrogens (tertiary/aromatic N) is 1. The van der Waals surface area contributed by atoms with Crippen molar-refractivity contribution in [3.63, 3.8) is 0 Å². The number of halogens is 2. The Balaban J connectivity index is 1.88. The average molecular weight is 340 g/mol. The van der Waals surface area contributed by atoms with E-state index in [0.29, 0.717) is 16.6 Å². The Morgan fingerprint density at radius 3 is 2.91 bits per heavy atom. The fourth-order valence-corrected chi connectivity index (χ4v) is 3.47. The monoisotopic (exact) mass is 339 g/mol. The lowest BCUT2D eigenvalue weighted by atomic mass is 10.2. The largest absolute Gasteiger partial charge is 0.345 e. The molecule has 2 heterocycles. The molecule has 0 spiro atoms. The van der Waals surface area contributed by atoms with E-state index in [1.807, 2.05) is 0 Å². The van der Waals surface area contributed by atoms with Crippen LogP contribution < -0.4 is 4.72 Å². The molecule has 0 bridgehead atoms. The predicted octanol–water partition coefficient (Wildman–Crippen LogP) is 2.83. The van der Waals surface area contributed by atoms with Crippen molar-refractivity contribution >= 4 is 32.7 Å². The SMILES string of the molecule is O=S(=O)(NCc1ccc(F)cc1Cl)c1c[nH]c2ncccc12. The molecular weight excluding hydrogens is 329 g/mol. The van der Waals surface area contributed by atoms with E-state index >= 15 is 0 Å². The predicted molar refractivity (Wildman–Crippen MR) is 81.5 cm³/mol. The van der Waals surface area contributed by atoms with Crippen LogP contribution in [-0.2, 0) is 16.6 Å². The summed E-state index contributed by atoms with van der Waals surface area (Å²) < 4.78 is 40.2. The summed E-state index contributed by atoms with van der Waals surface area (Å²) in [5.41, 5.74) is 0.979. The van der Waals surface area contributed by atoms with Crippen LogP contribution in [0.25, 0.3) is 11.0 Å². The zero-order chi connectivity index (χ0) is 15.7. The van der Waals surface area contributed by atoms with Gasteiger partial charge in [0.1, 0.15) is 16.4 Å². The molecule has 0 atom stereocenters. The quantitative estimate of drug-likeness (QED) is 0.767. The molecule has 0 saturated heterocycles. The number of fused-ring (bicyclic) bond motifs is 1. The number of nitrogens with one attached hydrogen (secondary N) is 2. The first-order valence-corrected chi connectivity index (χ1v) is 8.19. The first kappa shape index (κ1) is 15.0. The number of sulfonamides is 1. The lowest BCUT2D eigenvalue weighted by molar-refractivity contribution is 0.582. The Morgan fingerprint density at radius 1 is 1.32 bits per heavy atom. The normalized spacial score (nSPS) is 11.9. The molecule has 22 heavy (non-hydrogen) atoms. The summed E-state index contributed by atoms with van der Waals surface area (Å²) in [6.45, 7) is -0.0334. The third-order valence-corrected chi connectivity index (χ3v) is 4.96. The van der Waals surface area contributed by atoms with Crippen LogP contribution in [0.2, 0.25) is 5.02 Å². The number of pyridine rings is 1. The van der Waals surface area contributed by atoms with Crippen molar-refractivity contribution in [1.29, 1.82) is 0 Å². The second-order valence-electron chi connectivity index (χ2n) is 4.61. The molecule has 114 valence electrons. The number of aromatic nitrogens is 2. The minimum Gasteiger partial charge on any atom is -0.345 e. The third-order valence-electron chi connectivity index (χ3n) is 3.17. The highest BCUT2D eigenvalue weighted by molar-refractivity contribution is 7.89. The number of H-pyrrole nitrogens is 1. The molecule has 0 aliphatic rings. The van der Waals surface area contributed by atoms with Crippen LogP contribution in [0.4, 0.5) is 4.39 Å². The molecule has 1 aromatic carbocycles. The summed E-state index contributed by atoms with van der Waals surface area (Å²) in [6, 6.07) is 7.13. The van der Waals surface area contributed by atoms with Gasteiger partial charge in [0.25, 0.3) is 0 Å². The molecule has 8 heteroatoms. The van der Waals surface area contributed by atoms with Crippen molar-refractivity contribution in [1.82, 2.24) is 14.7 Å². The molecule has 5 nitrogen and oxygen atoms in total. The van der Waals surface area contributed by atoms with E-state index in [9.17, 15) is 12.8 Å². The molecule has 0 amide bonds. The van der Waals surface area contributed by atoms with Gasteiger partial charge >= 0.3 is 0 Å². The van der Waals surface area contributed by atoms with Crippen molar-refractivity contribution in [3.8, 4) is 0 Å². The summed E-state index contributed by atoms with van der Waals surface area (Å²) in [5, 5.41) is 0.670. The van der Waals surface area contributed by atoms with Crippen molar-refractivity contribution < 1.29 is 12.8 Å². The topological polar surface area (TPSA) is 74.8 Å². The second kappa shape index (κ2) is 5.68. The number of benzene rings is 1. The Kier molecular flexibility index (Phi) is 3.86. The van der Waals surface area contributed by atoms with Crippen molar-refractivity contribution in [2.24, 2.45) is 0 Å². The highest BCUT2D eigenvalue weighted by atomic mass is 35.5. The average Bonchev–Trinajstić information content (AvgIpc) is 2.91. The van der Waals surface area contributed by atoms with Gasteiger partial charge < -0.3 is 4.98 Å². The minimum atomic E-state index is -3.74. The summed E-state index contributed by atoms with van der Waals surface area (Å²) >= 11 is 5.89. The number of hydrogen-bond acceptors (Lipinski definition) is 3. The van der Waals surface area contributed by atoms with Gasteiger partial charge in [-0.15, -0.1) is 0 Å². The third kappa shape index (κ3) is 2.83. The first-order valence-electron chi connectivity index (χ1n) is 6.33. The van der Waals surface area contributed by atoms with Gasteiger partial charge in [-0.25, -0.2) is 22.5 Å². The van der Waals surface area contributed by atoms with E-state index in [1.165, 1.54) is 18.3 Å². The van der Waals surface area contributed by atoms with Gasteiger partial charge in [-0.1, -0.05) is 17.7 Å². The molecule has 0 unspecified atom stereocenters. The van der Waals surface area contributed by atoms with E-state index in [2.05, 4.69) is 14.7 Å². The molecule has 0 radical (unpaired) electrons. The molecule has 3 rings (SSSR count). The molecular formula is C14H11ClFN3O2S. The van der Waals surface area contributed by atoms with Crippen molar-refractivity contribution in [2.75, 3.05) is 0 Å². The van der Waals surface area contributed by atoms with E-state index in [-0.39, 0.29) is 16.5 Å². The maximum atomic E-state index is 13.0. The zero-order valence-corrected chi connectivity index (χ0v) is 12.7. The fourth-order valence-electron chi connectivity index (χ4n) is 2.07. The molecule has 3 aromatic rings. The smallest absolute Gasteiger partial charge is 0.243 e. The van der Waals surface area contributed by atoms with E-state index in [4.69, 9.17) is 11.6 Å². The molecule has 0 saturated carbocycles. The second-order valence-corrected chi connectivity index (χ2v) is 6.76. The maximum absolute atomic E-state index is 13.0. The van der Waals surface area contributed by atoms with Crippen LogP contribution in [0.5, 0.6) is 0 Å². The first-order chi connectivity index (χ1) is 10.5. The van der Waals surface area contributed by atoms with Crippen molar-refractivity contribution in [2.45, 2.75) is 11.4 Å². The zero-order valence-electron chi connectivity index (χ0n) is 11.2. The van der Waals surface area contributed by atoms with Gasteiger partial charge in [0.15, 0.2) is 0 Å². The van der Waals surface area contributed by atoms with Crippen LogP contribution in [0.1, 0.15) is 5.56 Å². The van der Waals surface area contributed by atoms with Crippen LogP contribution >= 0.6 is 11.6 Å². The Hall–Kier alpha value is -1.96. The minimum absolute atomic E-state index is 0.0334. The lowest BCUT2D eigenvalue weighted by Gasteiger charge is -2.07. The van der Waals surface area contributed by atoms with E-state index in [1.54, 1.807) is 18.3 Å².